The molecule has 1 saturated carbocycles. The van der Waals surface area contributed by atoms with Gasteiger partial charge in [0.1, 0.15) is 5.82 Å². The minimum Gasteiger partial charge on any atom is -0.393 e. The summed E-state index contributed by atoms with van der Waals surface area (Å²) in [4.78, 5) is 8.72. The smallest absolute Gasteiger partial charge is 0.144 e. The van der Waals surface area contributed by atoms with Gasteiger partial charge in [0, 0.05) is 6.54 Å². The number of nitrogens with zero attached hydrogens (tertiary/aromatic N) is 2. The molecule has 0 radical (unpaired) electrons. The van der Waals surface area contributed by atoms with Crippen LogP contribution in [0, 0.1) is 19.8 Å². The van der Waals surface area contributed by atoms with Gasteiger partial charge in [0.05, 0.1) is 23.7 Å². The molecule has 2 rings (SSSR count). The summed E-state index contributed by atoms with van der Waals surface area (Å²) in [5, 5.41) is 12.9. The molecule has 1 aromatic heterocycles. The topological polar surface area (TPSA) is 58.0 Å². The van der Waals surface area contributed by atoms with E-state index in [9.17, 15) is 5.11 Å². The van der Waals surface area contributed by atoms with Crippen molar-refractivity contribution in [1.82, 2.24) is 9.97 Å². The molecule has 0 aliphatic heterocycles. The lowest BCUT2D eigenvalue weighted by Crippen LogP contribution is -2.25. The van der Waals surface area contributed by atoms with Gasteiger partial charge in [0.2, 0.25) is 0 Å². The van der Waals surface area contributed by atoms with Gasteiger partial charge in [0.15, 0.2) is 0 Å². The van der Waals surface area contributed by atoms with Gasteiger partial charge in [-0.1, -0.05) is 6.42 Å². The van der Waals surface area contributed by atoms with E-state index in [4.69, 9.17) is 0 Å². The number of aliphatic hydroxyl groups excluding tert-OH is 1. The van der Waals surface area contributed by atoms with Crippen LogP contribution in [0.2, 0.25) is 0 Å². The molecule has 4 nitrogen and oxygen atoms in total. The second kappa shape index (κ2) is 5.45. The number of aliphatic hydroxyl groups is 1. The third-order valence-corrected chi connectivity index (χ3v) is 3.52. The molecule has 94 valence electrons. The molecule has 2 N–H and O–H groups in total. The molecule has 2 unspecified atom stereocenters. The van der Waals surface area contributed by atoms with Gasteiger partial charge >= 0.3 is 0 Å². The van der Waals surface area contributed by atoms with Crippen molar-refractivity contribution >= 4 is 5.82 Å². The molecule has 0 bridgehead atoms. The number of nitrogens with one attached hydrogen (secondary N) is 1. The number of anilines is 1. The molecule has 1 aliphatic rings. The van der Waals surface area contributed by atoms with E-state index < -0.39 is 0 Å². The monoisotopic (exact) mass is 235 g/mol. The molecule has 1 fully saturated rings. The standard InChI is InChI=1S/C13H21N3O/c1-9-10(2)16-13(8-14-9)15-7-11-4-3-5-12(17)6-11/h8,11-12,17H,3-7H2,1-2H3,(H,15,16). The first-order valence-corrected chi connectivity index (χ1v) is 6.37. The quantitative estimate of drug-likeness (QED) is 0.842. The first kappa shape index (κ1) is 12.3. The van der Waals surface area contributed by atoms with Crippen LogP contribution in [0.3, 0.4) is 0 Å². The highest BCUT2D eigenvalue weighted by Gasteiger charge is 2.19. The Labute approximate surface area is 102 Å². The second-order valence-corrected chi connectivity index (χ2v) is 4.99. The Bertz CT molecular complexity index is 381. The van der Waals surface area contributed by atoms with E-state index >= 15 is 0 Å². The molecule has 17 heavy (non-hydrogen) atoms. The van der Waals surface area contributed by atoms with Crippen molar-refractivity contribution in [2.45, 2.75) is 45.6 Å². The van der Waals surface area contributed by atoms with Crippen LogP contribution in [-0.2, 0) is 0 Å². The Hall–Kier alpha value is -1.16. The molecule has 0 saturated heterocycles. The Morgan fingerprint density at radius 3 is 2.88 bits per heavy atom. The maximum Gasteiger partial charge on any atom is 0.144 e. The zero-order valence-corrected chi connectivity index (χ0v) is 10.6. The number of hydrogen-bond donors (Lipinski definition) is 2. The average Bonchev–Trinajstić information content (AvgIpc) is 2.31. The zero-order chi connectivity index (χ0) is 12.3. The van der Waals surface area contributed by atoms with Crippen LogP contribution in [0.25, 0.3) is 0 Å². The van der Waals surface area contributed by atoms with Crippen LogP contribution >= 0.6 is 0 Å². The number of aryl methyl sites for hydroxylation is 2. The van der Waals surface area contributed by atoms with Crippen molar-refractivity contribution in [3.8, 4) is 0 Å². The van der Waals surface area contributed by atoms with E-state index in [0.717, 1.165) is 43.0 Å². The normalized spacial score (nSPS) is 24.6. The lowest BCUT2D eigenvalue weighted by atomic mass is 9.87. The molecule has 0 aromatic carbocycles. The molecule has 0 amide bonds. The summed E-state index contributed by atoms with van der Waals surface area (Å²) in [6, 6.07) is 0. The molecule has 0 spiro atoms. The zero-order valence-electron chi connectivity index (χ0n) is 10.6. The Morgan fingerprint density at radius 2 is 2.18 bits per heavy atom. The summed E-state index contributed by atoms with van der Waals surface area (Å²) in [6.07, 6.45) is 5.86. The van der Waals surface area contributed by atoms with E-state index in [-0.39, 0.29) is 6.10 Å². The van der Waals surface area contributed by atoms with E-state index in [1.165, 1.54) is 6.42 Å². The van der Waals surface area contributed by atoms with Crippen molar-refractivity contribution < 1.29 is 5.11 Å². The third kappa shape index (κ3) is 3.40. The second-order valence-electron chi connectivity index (χ2n) is 4.99. The van der Waals surface area contributed by atoms with E-state index in [2.05, 4.69) is 15.3 Å². The average molecular weight is 235 g/mol. The largest absolute Gasteiger partial charge is 0.393 e. The van der Waals surface area contributed by atoms with Crippen LogP contribution in [0.4, 0.5) is 5.82 Å². The summed E-state index contributed by atoms with van der Waals surface area (Å²) in [7, 11) is 0. The number of rotatable bonds is 3. The fourth-order valence-corrected chi connectivity index (χ4v) is 2.32. The SMILES string of the molecule is Cc1ncc(NCC2CCCC(O)C2)nc1C. The lowest BCUT2D eigenvalue weighted by molar-refractivity contribution is 0.104. The maximum atomic E-state index is 9.60. The van der Waals surface area contributed by atoms with Crippen molar-refractivity contribution in [1.29, 1.82) is 0 Å². The molecule has 1 aromatic rings. The summed E-state index contributed by atoms with van der Waals surface area (Å²) < 4.78 is 0. The minimum atomic E-state index is -0.110. The van der Waals surface area contributed by atoms with Crippen molar-refractivity contribution in [2.24, 2.45) is 5.92 Å². The van der Waals surface area contributed by atoms with Gasteiger partial charge in [-0.3, -0.25) is 4.98 Å². The molecule has 4 heteroatoms. The predicted molar refractivity (Wildman–Crippen MR) is 68.0 cm³/mol. The highest BCUT2D eigenvalue weighted by Crippen LogP contribution is 2.24. The van der Waals surface area contributed by atoms with Crippen LogP contribution in [0.5, 0.6) is 0 Å². The van der Waals surface area contributed by atoms with Crippen LogP contribution in [0.1, 0.15) is 37.1 Å². The Morgan fingerprint density at radius 1 is 1.35 bits per heavy atom. The van der Waals surface area contributed by atoms with E-state index in [1.54, 1.807) is 6.20 Å². The molecular weight excluding hydrogens is 214 g/mol. The lowest BCUT2D eigenvalue weighted by Gasteiger charge is -2.26. The van der Waals surface area contributed by atoms with Crippen molar-refractivity contribution in [2.75, 3.05) is 11.9 Å². The molecule has 1 aliphatic carbocycles. The van der Waals surface area contributed by atoms with Gasteiger partial charge in [-0.25, -0.2) is 4.98 Å². The van der Waals surface area contributed by atoms with Gasteiger partial charge in [-0.05, 0) is 39.0 Å². The van der Waals surface area contributed by atoms with Gasteiger partial charge < -0.3 is 10.4 Å². The number of aromatic nitrogens is 2. The minimum absolute atomic E-state index is 0.110. The highest BCUT2D eigenvalue weighted by atomic mass is 16.3. The summed E-state index contributed by atoms with van der Waals surface area (Å²) in [6.45, 7) is 4.82. The molecular formula is C13H21N3O. The summed E-state index contributed by atoms with van der Waals surface area (Å²) in [5.41, 5.74) is 1.95. The van der Waals surface area contributed by atoms with Crippen molar-refractivity contribution in [3.63, 3.8) is 0 Å². The van der Waals surface area contributed by atoms with Gasteiger partial charge in [-0.15, -0.1) is 0 Å². The van der Waals surface area contributed by atoms with Gasteiger partial charge in [0.25, 0.3) is 0 Å². The van der Waals surface area contributed by atoms with Crippen LogP contribution < -0.4 is 5.32 Å². The first-order valence-electron chi connectivity index (χ1n) is 6.37. The molecule has 2 atom stereocenters. The van der Waals surface area contributed by atoms with Gasteiger partial charge in [-0.2, -0.15) is 0 Å². The Balaban J connectivity index is 1.86. The van der Waals surface area contributed by atoms with Crippen LogP contribution in [0.15, 0.2) is 6.20 Å². The molecule has 1 heterocycles. The fraction of sp³-hybridized carbons (Fsp3) is 0.692. The van der Waals surface area contributed by atoms with E-state index in [0.29, 0.717) is 5.92 Å². The van der Waals surface area contributed by atoms with E-state index in [1.807, 2.05) is 13.8 Å². The number of hydrogen-bond acceptors (Lipinski definition) is 4. The van der Waals surface area contributed by atoms with Crippen molar-refractivity contribution in [3.05, 3.63) is 17.6 Å². The predicted octanol–water partition coefficient (Wildman–Crippen LogP) is 2.06. The summed E-state index contributed by atoms with van der Waals surface area (Å²) in [5.74, 6) is 1.40. The highest BCUT2D eigenvalue weighted by molar-refractivity contribution is 5.33. The summed E-state index contributed by atoms with van der Waals surface area (Å²) >= 11 is 0. The third-order valence-electron chi connectivity index (χ3n) is 3.52. The fourth-order valence-electron chi connectivity index (χ4n) is 2.32. The van der Waals surface area contributed by atoms with Crippen LogP contribution in [-0.4, -0.2) is 27.7 Å². The maximum absolute atomic E-state index is 9.60. The first-order chi connectivity index (χ1) is 8.15. The Kier molecular flexibility index (Phi) is 3.94.